The summed E-state index contributed by atoms with van der Waals surface area (Å²) in [7, 11) is 0. The zero-order valence-corrected chi connectivity index (χ0v) is 16.6. The maximum atomic E-state index is 12.8. The second kappa shape index (κ2) is 8.59. The van der Waals surface area contributed by atoms with Crippen LogP contribution in [0, 0.1) is 5.92 Å². The summed E-state index contributed by atoms with van der Waals surface area (Å²) in [4.78, 5) is 25.9. The predicted octanol–water partition coefficient (Wildman–Crippen LogP) is 4.08. The largest absolute Gasteiger partial charge is 0.372 e. The number of hydrogen-bond acceptors (Lipinski definition) is 5. The summed E-state index contributed by atoms with van der Waals surface area (Å²) in [6.45, 7) is 6.09. The van der Waals surface area contributed by atoms with Crippen molar-refractivity contribution in [3.63, 3.8) is 0 Å². The number of carbonyl (C=O) groups is 1. The van der Waals surface area contributed by atoms with Gasteiger partial charge in [0, 0.05) is 43.8 Å². The topological polar surface area (TPSA) is 61.4 Å². The van der Waals surface area contributed by atoms with Gasteiger partial charge in [0.05, 0.1) is 0 Å². The van der Waals surface area contributed by atoms with Crippen LogP contribution in [-0.4, -0.2) is 47.0 Å². The minimum atomic E-state index is -0.00236. The summed E-state index contributed by atoms with van der Waals surface area (Å²) in [5.74, 6) is 1.01. The highest BCUT2D eigenvalue weighted by Gasteiger charge is 2.23. The first-order valence-electron chi connectivity index (χ1n) is 10.4. The predicted molar refractivity (Wildman–Crippen MR) is 112 cm³/mol. The highest BCUT2D eigenvalue weighted by molar-refractivity contribution is 5.92. The minimum Gasteiger partial charge on any atom is -0.372 e. The van der Waals surface area contributed by atoms with Gasteiger partial charge in [-0.2, -0.15) is 0 Å². The van der Waals surface area contributed by atoms with Crippen LogP contribution in [0.5, 0.6) is 0 Å². The molecule has 2 fully saturated rings. The molecule has 1 unspecified atom stereocenters. The Kier molecular flexibility index (Phi) is 5.74. The molecule has 1 atom stereocenters. The van der Waals surface area contributed by atoms with Gasteiger partial charge >= 0.3 is 0 Å². The van der Waals surface area contributed by atoms with Gasteiger partial charge in [-0.05, 0) is 68.4 Å². The van der Waals surface area contributed by atoms with Crippen LogP contribution in [-0.2, 0) is 0 Å². The van der Waals surface area contributed by atoms with Crippen molar-refractivity contribution in [1.82, 2.24) is 14.9 Å². The number of hydrogen-bond donors (Lipinski definition) is 1. The summed E-state index contributed by atoms with van der Waals surface area (Å²) in [5.41, 5.74) is 2.64. The smallest absolute Gasteiger partial charge is 0.272 e. The van der Waals surface area contributed by atoms with Crippen molar-refractivity contribution in [2.75, 3.05) is 36.4 Å². The fraction of sp³-hybridized carbons (Fsp3) is 0.500. The molecule has 0 radical (unpaired) electrons. The molecule has 2 saturated heterocycles. The van der Waals surface area contributed by atoms with E-state index in [1.807, 2.05) is 17.0 Å². The number of nitrogens with one attached hydrogen (secondary N) is 1. The highest BCUT2D eigenvalue weighted by atomic mass is 16.2. The maximum Gasteiger partial charge on any atom is 0.272 e. The van der Waals surface area contributed by atoms with Crippen LogP contribution < -0.4 is 10.2 Å². The van der Waals surface area contributed by atoms with Gasteiger partial charge in [-0.1, -0.05) is 6.92 Å². The van der Waals surface area contributed by atoms with Crippen LogP contribution in [0.15, 0.2) is 36.5 Å². The molecule has 2 aliphatic heterocycles. The Hall–Kier alpha value is -2.63. The van der Waals surface area contributed by atoms with Crippen molar-refractivity contribution < 1.29 is 4.79 Å². The molecule has 148 valence electrons. The fourth-order valence-corrected chi connectivity index (χ4v) is 4.11. The molecule has 0 bridgehead atoms. The molecule has 1 aromatic carbocycles. The van der Waals surface area contributed by atoms with Gasteiger partial charge in [0.25, 0.3) is 5.91 Å². The third-order valence-corrected chi connectivity index (χ3v) is 5.66. The molecule has 2 aliphatic rings. The van der Waals surface area contributed by atoms with E-state index in [9.17, 15) is 4.79 Å². The van der Waals surface area contributed by atoms with Gasteiger partial charge in [0.1, 0.15) is 5.69 Å². The molecule has 6 nitrogen and oxygen atoms in total. The normalized spacial score (nSPS) is 20.1. The fourth-order valence-electron chi connectivity index (χ4n) is 4.11. The second-order valence-corrected chi connectivity index (χ2v) is 7.98. The van der Waals surface area contributed by atoms with Gasteiger partial charge in [0.15, 0.2) is 0 Å². The van der Waals surface area contributed by atoms with E-state index in [0.29, 0.717) is 17.6 Å². The van der Waals surface area contributed by atoms with Crippen LogP contribution in [0.3, 0.4) is 0 Å². The maximum absolute atomic E-state index is 12.8. The SMILES string of the molecule is CC1CCCN(C(=O)c2ccnc(Nc3ccc(N4CCCCC4)cc3)n2)C1. The first kappa shape index (κ1) is 18.7. The number of rotatable bonds is 4. The van der Waals surface area contributed by atoms with Crippen molar-refractivity contribution in [3.05, 3.63) is 42.2 Å². The van der Waals surface area contributed by atoms with Gasteiger partial charge in [0.2, 0.25) is 5.95 Å². The Balaban J connectivity index is 1.42. The van der Waals surface area contributed by atoms with Crippen LogP contribution in [0.2, 0.25) is 0 Å². The summed E-state index contributed by atoms with van der Waals surface area (Å²) in [6, 6.07) is 10.1. The van der Waals surface area contributed by atoms with Gasteiger partial charge in [-0.15, -0.1) is 0 Å². The van der Waals surface area contributed by atoms with Crippen molar-refractivity contribution in [2.45, 2.75) is 39.0 Å². The zero-order valence-electron chi connectivity index (χ0n) is 16.6. The Morgan fingerprint density at radius 1 is 1.04 bits per heavy atom. The lowest BCUT2D eigenvalue weighted by atomic mass is 10.00. The lowest BCUT2D eigenvalue weighted by molar-refractivity contribution is 0.0677. The Labute approximate surface area is 167 Å². The van der Waals surface area contributed by atoms with Crippen LogP contribution in [0.4, 0.5) is 17.3 Å². The van der Waals surface area contributed by atoms with E-state index in [1.165, 1.54) is 31.4 Å². The van der Waals surface area contributed by atoms with Crippen LogP contribution >= 0.6 is 0 Å². The minimum absolute atomic E-state index is 0.00236. The summed E-state index contributed by atoms with van der Waals surface area (Å²) < 4.78 is 0. The van der Waals surface area contributed by atoms with E-state index in [0.717, 1.165) is 38.3 Å². The zero-order chi connectivity index (χ0) is 19.3. The van der Waals surface area contributed by atoms with Gasteiger partial charge in [-0.25, -0.2) is 9.97 Å². The van der Waals surface area contributed by atoms with E-state index in [1.54, 1.807) is 12.3 Å². The lowest BCUT2D eigenvalue weighted by Crippen LogP contribution is -2.39. The average Bonchev–Trinajstić information content (AvgIpc) is 2.75. The van der Waals surface area contributed by atoms with Gasteiger partial charge in [-0.3, -0.25) is 4.79 Å². The molecule has 2 aromatic rings. The summed E-state index contributed by atoms with van der Waals surface area (Å²) >= 11 is 0. The lowest BCUT2D eigenvalue weighted by Gasteiger charge is -2.30. The monoisotopic (exact) mass is 379 g/mol. The standard InChI is InChI=1S/C22H29N5O/c1-17-6-5-15-27(16-17)21(28)20-11-12-23-22(25-20)24-18-7-9-19(10-8-18)26-13-3-2-4-14-26/h7-12,17H,2-6,13-16H2,1H3,(H,23,24,25). The quantitative estimate of drug-likeness (QED) is 0.867. The van der Waals surface area contributed by atoms with E-state index in [2.05, 4.69) is 39.2 Å². The molecule has 0 aliphatic carbocycles. The first-order valence-corrected chi connectivity index (χ1v) is 10.4. The van der Waals surface area contributed by atoms with E-state index < -0.39 is 0 Å². The summed E-state index contributed by atoms with van der Waals surface area (Å²) in [5, 5.41) is 3.23. The first-order chi connectivity index (χ1) is 13.7. The van der Waals surface area contributed by atoms with E-state index in [-0.39, 0.29) is 5.91 Å². The Morgan fingerprint density at radius 2 is 1.82 bits per heavy atom. The van der Waals surface area contributed by atoms with Crippen LogP contribution in [0.25, 0.3) is 0 Å². The number of anilines is 3. The van der Waals surface area contributed by atoms with Crippen molar-refractivity contribution >= 4 is 23.2 Å². The molecular formula is C22H29N5O. The second-order valence-electron chi connectivity index (χ2n) is 7.98. The third kappa shape index (κ3) is 4.43. The number of aromatic nitrogens is 2. The molecular weight excluding hydrogens is 350 g/mol. The Morgan fingerprint density at radius 3 is 2.57 bits per heavy atom. The number of benzene rings is 1. The number of amides is 1. The molecule has 0 saturated carbocycles. The number of piperidine rings is 2. The number of nitrogens with zero attached hydrogens (tertiary/aromatic N) is 4. The molecule has 4 rings (SSSR count). The van der Waals surface area contributed by atoms with E-state index in [4.69, 9.17) is 0 Å². The number of likely N-dealkylation sites (tertiary alicyclic amines) is 1. The molecule has 0 spiro atoms. The highest BCUT2D eigenvalue weighted by Crippen LogP contribution is 2.23. The summed E-state index contributed by atoms with van der Waals surface area (Å²) in [6.07, 6.45) is 7.77. The van der Waals surface area contributed by atoms with Gasteiger partial charge < -0.3 is 15.1 Å². The molecule has 1 N–H and O–H groups in total. The molecule has 1 aromatic heterocycles. The Bertz CT molecular complexity index is 801. The molecule has 3 heterocycles. The molecule has 1 amide bonds. The van der Waals surface area contributed by atoms with E-state index >= 15 is 0 Å². The van der Waals surface area contributed by atoms with Crippen molar-refractivity contribution in [3.8, 4) is 0 Å². The molecule has 6 heteroatoms. The average molecular weight is 380 g/mol. The third-order valence-electron chi connectivity index (χ3n) is 5.66. The van der Waals surface area contributed by atoms with Crippen LogP contribution in [0.1, 0.15) is 49.5 Å². The number of carbonyl (C=O) groups excluding carboxylic acids is 1. The van der Waals surface area contributed by atoms with Crippen molar-refractivity contribution in [1.29, 1.82) is 0 Å². The van der Waals surface area contributed by atoms with Crippen molar-refractivity contribution in [2.24, 2.45) is 5.92 Å². The molecule has 28 heavy (non-hydrogen) atoms.